The molecule has 0 saturated carbocycles. The number of nitro groups is 1. The Labute approximate surface area is 117 Å². The average Bonchev–Trinajstić information content (AvgIpc) is 2.41. The first-order chi connectivity index (χ1) is 9.47. The lowest BCUT2D eigenvalue weighted by molar-refractivity contribution is -0.384. The lowest BCUT2D eigenvalue weighted by atomic mass is 9.97. The molecule has 0 radical (unpaired) electrons. The van der Waals surface area contributed by atoms with Gasteiger partial charge in [0.1, 0.15) is 11.5 Å². The summed E-state index contributed by atoms with van der Waals surface area (Å²) in [6.07, 6.45) is 2.16. The van der Waals surface area contributed by atoms with Crippen LogP contribution in [0.25, 0.3) is 0 Å². The first kappa shape index (κ1) is 14.7. The minimum absolute atomic E-state index is 0.193. The number of hydrogen-bond donors (Lipinski definition) is 1. The van der Waals surface area contributed by atoms with E-state index in [1.807, 2.05) is 0 Å². The number of piperidine rings is 1. The highest BCUT2D eigenvalue weighted by atomic mass is 19.1. The van der Waals surface area contributed by atoms with Crippen molar-refractivity contribution in [3.05, 3.63) is 33.6 Å². The molecule has 1 aromatic carbocycles. The van der Waals surface area contributed by atoms with Crippen molar-refractivity contribution >= 4 is 11.4 Å². The summed E-state index contributed by atoms with van der Waals surface area (Å²) >= 11 is 0. The van der Waals surface area contributed by atoms with Gasteiger partial charge in [0.15, 0.2) is 0 Å². The second-order valence-corrected chi connectivity index (χ2v) is 5.50. The molecule has 0 unspecified atom stereocenters. The van der Waals surface area contributed by atoms with Gasteiger partial charge in [-0.15, -0.1) is 0 Å². The van der Waals surface area contributed by atoms with Crippen molar-refractivity contribution in [3.8, 4) is 0 Å². The zero-order valence-electron chi connectivity index (χ0n) is 11.9. The lowest BCUT2D eigenvalue weighted by Gasteiger charge is -2.29. The maximum atomic E-state index is 13.4. The minimum Gasteiger partial charge on any atom is -0.379 e. The van der Waals surface area contributed by atoms with Gasteiger partial charge in [-0.1, -0.05) is 0 Å². The topological polar surface area (TPSA) is 58.4 Å². The van der Waals surface area contributed by atoms with E-state index in [1.54, 1.807) is 6.92 Å². The van der Waals surface area contributed by atoms with Gasteiger partial charge in [0.05, 0.1) is 11.0 Å². The maximum Gasteiger partial charge on any atom is 0.295 e. The molecule has 1 saturated heterocycles. The molecule has 1 aromatic rings. The molecule has 0 amide bonds. The van der Waals surface area contributed by atoms with E-state index in [4.69, 9.17) is 0 Å². The SMILES string of the molecule is Cc1cc(NCC2CCN(C)CC2)c([N+](=O)[O-])cc1F. The van der Waals surface area contributed by atoms with Gasteiger partial charge >= 0.3 is 0 Å². The number of benzene rings is 1. The molecule has 0 aromatic heterocycles. The van der Waals surface area contributed by atoms with E-state index < -0.39 is 10.7 Å². The van der Waals surface area contributed by atoms with E-state index in [1.165, 1.54) is 6.07 Å². The third kappa shape index (κ3) is 3.45. The fourth-order valence-corrected chi connectivity index (χ4v) is 2.48. The molecule has 20 heavy (non-hydrogen) atoms. The zero-order valence-corrected chi connectivity index (χ0v) is 11.9. The predicted molar refractivity (Wildman–Crippen MR) is 76.5 cm³/mol. The summed E-state index contributed by atoms with van der Waals surface area (Å²) in [5.74, 6) is -0.0299. The Balaban J connectivity index is 2.05. The number of nitrogens with one attached hydrogen (secondary N) is 1. The van der Waals surface area contributed by atoms with Crippen LogP contribution in [0.4, 0.5) is 15.8 Å². The van der Waals surface area contributed by atoms with Crippen LogP contribution in [0.1, 0.15) is 18.4 Å². The Morgan fingerprint density at radius 2 is 2.10 bits per heavy atom. The summed E-state index contributed by atoms with van der Waals surface area (Å²) in [5.41, 5.74) is 0.635. The van der Waals surface area contributed by atoms with Crippen LogP contribution in [0.15, 0.2) is 12.1 Å². The number of likely N-dealkylation sites (tertiary alicyclic amines) is 1. The number of nitro benzene ring substituents is 1. The Morgan fingerprint density at radius 1 is 1.45 bits per heavy atom. The van der Waals surface area contributed by atoms with Crippen LogP contribution in [-0.4, -0.2) is 36.5 Å². The van der Waals surface area contributed by atoms with Gasteiger partial charge in [0, 0.05) is 6.54 Å². The monoisotopic (exact) mass is 281 g/mol. The quantitative estimate of drug-likeness (QED) is 0.681. The molecule has 5 nitrogen and oxygen atoms in total. The van der Waals surface area contributed by atoms with Crippen molar-refractivity contribution in [3.63, 3.8) is 0 Å². The summed E-state index contributed by atoms with van der Waals surface area (Å²) < 4.78 is 13.4. The number of halogens is 1. The fraction of sp³-hybridized carbons (Fsp3) is 0.571. The molecule has 1 aliphatic rings. The van der Waals surface area contributed by atoms with Gasteiger partial charge < -0.3 is 10.2 Å². The molecule has 0 atom stereocenters. The van der Waals surface area contributed by atoms with Crippen LogP contribution in [0.5, 0.6) is 0 Å². The second-order valence-electron chi connectivity index (χ2n) is 5.50. The van der Waals surface area contributed by atoms with Crippen LogP contribution in [0.2, 0.25) is 0 Å². The number of rotatable bonds is 4. The zero-order chi connectivity index (χ0) is 14.7. The normalized spacial score (nSPS) is 17.1. The first-order valence-electron chi connectivity index (χ1n) is 6.84. The van der Waals surface area contributed by atoms with E-state index in [0.717, 1.165) is 32.0 Å². The highest BCUT2D eigenvalue weighted by Gasteiger charge is 2.20. The fourth-order valence-electron chi connectivity index (χ4n) is 2.48. The third-order valence-corrected chi connectivity index (χ3v) is 3.89. The summed E-state index contributed by atoms with van der Waals surface area (Å²) in [6.45, 7) is 4.41. The van der Waals surface area contributed by atoms with E-state index in [0.29, 0.717) is 23.7 Å². The van der Waals surface area contributed by atoms with Gasteiger partial charge in [-0.05, 0) is 57.5 Å². The summed E-state index contributed by atoms with van der Waals surface area (Å²) in [7, 11) is 2.10. The Bertz CT molecular complexity index is 499. The van der Waals surface area contributed by atoms with Crippen LogP contribution in [0.3, 0.4) is 0 Å². The molecule has 0 aliphatic carbocycles. The first-order valence-corrected chi connectivity index (χ1v) is 6.84. The highest BCUT2D eigenvalue weighted by Crippen LogP contribution is 2.28. The van der Waals surface area contributed by atoms with Gasteiger partial charge in [-0.3, -0.25) is 10.1 Å². The lowest BCUT2D eigenvalue weighted by Crippen LogP contribution is -2.33. The van der Waals surface area contributed by atoms with Crippen LogP contribution in [0, 0.1) is 28.8 Å². The molecule has 1 aliphatic heterocycles. The number of anilines is 1. The van der Waals surface area contributed by atoms with E-state index in [9.17, 15) is 14.5 Å². The van der Waals surface area contributed by atoms with Gasteiger partial charge in [0.2, 0.25) is 0 Å². The van der Waals surface area contributed by atoms with Crippen molar-refractivity contribution in [1.82, 2.24) is 4.90 Å². The Morgan fingerprint density at radius 3 is 2.70 bits per heavy atom. The number of aryl methyl sites for hydroxylation is 1. The molecule has 1 heterocycles. The van der Waals surface area contributed by atoms with Gasteiger partial charge in [-0.2, -0.15) is 0 Å². The summed E-state index contributed by atoms with van der Waals surface area (Å²) in [6, 6.07) is 2.51. The van der Waals surface area contributed by atoms with E-state index >= 15 is 0 Å². The maximum absolute atomic E-state index is 13.4. The molecule has 2 rings (SSSR count). The molecule has 1 fully saturated rings. The Kier molecular flexibility index (Phi) is 4.54. The third-order valence-electron chi connectivity index (χ3n) is 3.89. The van der Waals surface area contributed by atoms with Crippen LogP contribution < -0.4 is 5.32 Å². The standard InChI is InChI=1S/C14H20FN3O2/c1-10-7-13(14(18(19)20)8-12(10)15)16-9-11-3-5-17(2)6-4-11/h7-8,11,16H,3-6,9H2,1-2H3. The van der Waals surface area contributed by atoms with Crippen LogP contribution in [-0.2, 0) is 0 Å². The second kappa shape index (κ2) is 6.17. The molecule has 6 heteroatoms. The number of nitrogens with zero attached hydrogens (tertiary/aromatic N) is 2. The van der Waals surface area contributed by atoms with Crippen LogP contribution >= 0.6 is 0 Å². The van der Waals surface area contributed by atoms with E-state index in [-0.39, 0.29) is 5.69 Å². The van der Waals surface area contributed by atoms with Crippen molar-refractivity contribution in [1.29, 1.82) is 0 Å². The van der Waals surface area contributed by atoms with Gasteiger partial charge in [-0.25, -0.2) is 4.39 Å². The number of hydrogen-bond acceptors (Lipinski definition) is 4. The average molecular weight is 281 g/mol. The molecule has 0 spiro atoms. The largest absolute Gasteiger partial charge is 0.379 e. The van der Waals surface area contributed by atoms with Gasteiger partial charge in [0.25, 0.3) is 5.69 Å². The Hall–Kier alpha value is -1.69. The molecular weight excluding hydrogens is 261 g/mol. The molecule has 1 N–H and O–H groups in total. The van der Waals surface area contributed by atoms with Crippen molar-refractivity contribution in [2.45, 2.75) is 19.8 Å². The summed E-state index contributed by atoms with van der Waals surface area (Å²) in [4.78, 5) is 12.7. The van der Waals surface area contributed by atoms with Crippen molar-refractivity contribution < 1.29 is 9.31 Å². The van der Waals surface area contributed by atoms with E-state index in [2.05, 4.69) is 17.3 Å². The smallest absolute Gasteiger partial charge is 0.295 e. The molecular formula is C14H20FN3O2. The summed E-state index contributed by atoms with van der Waals surface area (Å²) in [5, 5.41) is 14.1. The minimum atomic E-state index is -0.542. The predicted octanol–water partition coefficient (Wildman–Crippen LogP) is 2.80. The molecule has 110 valence electrons. The van der Waals surface area contributed by atoms with Crippen molar-refractivity contribution in [2.75, 3.05) is 32.0 Å². The molecule has 0 bridgehead atoms. The highest BCUT2D eigenvalue weighted by molar-refractivity contribution is 5.63. The van der Waals surface area contributed by atoms with Crippen molar-refractivity contribution in [2.24, 2.45) is 5.92 Å².